The molecule has 1 aromatic carbocycles. The average Bonchev–Trinajstić information content (AvgIpc) is 3.16. The van der Waals surface area contributed by atoms with Crippen LogP contribution in [0.25, 0.3) is 28.1 Å². The zero-order chi connectivity index (χ0) is 17.4. The van der Waals surface area contributed by atoms with Gasteiger partial charge in [-0.15, -0.1) is 0 Å². The van der Waals surface area contributed by atoms with E-state index in [1.54, 1.807) is 17.1 Å². The summed E-state index contributed by atoms with van der Waals surface area (Å²) in [7, 11) is 0. The maximum absolute atomic E-state index is 12.5. The van der Waals surface area contributed by atoms with Gasteiger partial charge in [-0.25, -0.2) is 14.6 Å². The zero-order valence-electron chi connectivity index (χ0n) is 14.0. The molecule has 0 aliphatic carbocycles. The molecule has 4 rings (SSSR count). The standard InChI is InChI=1S/C19H17N5O/c1-12(2)13-4-6-16-15(10-13)19(25)23-18(22-16)14-5-7-17(20-11-14)24-9-3-8-21-24/h3-12H,1-2H3,(H,22,23,25). The lowest BCUT2D eigenvalue weighted by Crippen LogP contribution is -2.10. The van der Waals surface area contributed by atoms with Gasteiger partial charge in [0.2, 0.25) is 0 Å². The van der Waals surface area contributed by atoms with E-state index in [0.29, 0.717) is 28.5 Å². The number of rotatable bonds is 3. The van der Waals surface area contributed by atoms with Crippen LogP contribution in [0.5, 0.6) is 0 Å². The molecule has 0 saturated carbocycles. The summed E-state index contributed by atoms with van der Waals surface area (Å²) in [5.41, 5.74) is 2.42. The van der Waals surface area contributed by atoms with Gasteiger partial charge in [-0.2, -0.15) is 5.10 Å². The third-order valence-electron chi connectivity index (χ3n) is 4.16. The molecule has 0 aliphatic heterocycles. The second-order valence-corrected chi connectivity index (χ2v) is 6.20. The number of hydrogen-bond donors (Lipinski definition) is 1. The lowest BCUT2D eigenvalue weighted by molar-refractivity contribution is 0.847. The number of aromatic nitrogens is 5. The number of pyridine rings is 1. The highest BCUT2D eigenvalue weighted by Gasteiger charge is 2.09. The van der Waals surface area contributed by atoms with E-state index in [9.17, 15) is 4.79 Å². The molecule has 6 nitrogen and oxygen atoms in total. The van der Waals surface area contributed by atoms with Crippen LogP contribution < -0.4 is 5.56 Å². The average molecular weight is 331 g/mol. The minimum atomic E-state index is -0.140. The Kier molecular flexibility index (Phi) is 3.65. The van der Waals surface area contributed by atoms with Crippen molar-refractivity contribution in [1.82, 2.24) is 24.7 Å². The summed E-state index contributed by atoms with van der Waals surface area (Å²) in [4.78, 5) is 24.3. The SMILES string of the molecule is CC(C)c1ccc2nc(-c3ccc(-n4cccn4)nc3)[nH]c(=O)c2c1. The van der Waals surface area contributed by atoms with E-state index >= 15 is 0 Å². The molecule has 6 heteroatoms. The normalized spacial score (nSPS) is 11.3. The number of nitrogens with one attached hydrogen (secondary N) is 1. The van der Waals surface area contributed by atoms with Crippen LogP contribution in [0.1, 0.15) is 25.3 Å². The van der Waals surface area contributed by atoms with Crippen molar-refractivity contribution in [2.24, 2.45) is 0 Å². The Bertz CT molecular complexity index is 1080. The Labute approximate surface area is 144 Å². The third-order valence-corrected chi connectivity index (χ3v) is 4.16. The molecule has 0 aliphatic rings. The lowest BCUT2D eigenvalue weighted by atomic mass is 10.0. The number of benzene rings is 1. The van der Waals surface area contributed by atoms with Crippen LogP contribution in [0.2, 0.25) is 0 Å². The van der Waals surface area contributed by atoms with Crippen molar-refractivity contribution in [2.45, 2.75) is 19.8 Å². The summed E-state index contributed by atoms with van der Waals surface area (Å²) < 4.78 is 1.67. The molecule has 0 bridgehead atoms. The van der Waals surface area contributed by atoms with Gasteiger partial charge in [-0.05, 0) is 41.8 Å². The van der Waals surface area contributed by atoms with Gasteiger partial charge in [-0.1, -0.05) is 19.9 Å². The number of hydrogen-bond acceptors (Lipinski definition) is 4. The lowest BCUT2D eigenvalue weighted by Gasteiger charge is -2.08. The van der Waals surface area contributed by atoms with Gasteiger partial charge in [-0.3, -0.25) is 4.79 Å². The Morgan fingerprint density at radius 1 is 1.16 bits per heavy atom. The van der Waals surface area contributed by atoms with Crippen LogP contribution in [0.3, 0.4) is 0 Å². The maximum atomic E-state index is 12.5. The minimum Gasteiger partial charge on any atom is -0.306 e. The molecular formula is C19H17N5O. The maximum Gasteiger partial charge on any atom is 0.259 e. The number of nitrogens with zero attached hydrogens (tertiary/aromatic N) is 4. The Balaban J connectivity index is 1.76. The smallest absolute Gasteiger partial charge is 0.259 e. The van der Waals surface area contributed by atoms with E-state index in [4.69, 9.17) is 0 Å². The van der Waals surface area contributed by atoms with Gasteiger partial charge < -0.3 is 4.98 Å². The van der Waals surface area contributed by atoms with Crippen molar-refractivity contribution in [2.75, 3.05) is 0 Å². The van der Waals surface area contributed by atoms with Crippen molar-refractivity contribution in [3.63, 3.8) is 0 Å². The summed E-state index contributed by atoms with van der Waals surface area (Å²) >= 11 is 0. The number of aromatic amines is 1. The molecule has 0 radical (unpaired) electrons. The fourth-order valence-corrected chi connectivity index (χ4v) is 2.72. The molecule has 0 saturated heterocycles. The van der Waals surface area contributed by atoms with Gasteiger partial charge in [0.1, 0.15) is 5.82 Å². The molecule has 0 unspecified atom stereocenters. The predicted molar refractivity (Wildman–Crippen MR) is 96.8 cm³/mol. The monoisotopic (exact) mass is 331 g/mol. The van der Waals surface area contributed by atoms with Crippen LogP contribution in [0.4, 0.5) is 0 Å². The first-order valence-electron chi connectivity index (χ1n) is 8.12. The molecule has 25 heavy (non-hydrogen) atoms. The first-order chi connectivity index (χ1) is 12.1. The van der Waals surface area contributed by atoms with Crippen LogP contribution in [-0.4, -0.2) is 24.7 Å². The molecule has 1 N–H and O–H groups in total. The van der Waals surface area contributed by atoms with Gasteiger partial charge in [0.05, 0.1) is 10.9 Å². The summed E-state index contributed by atoms with van der Waals surface area (Å²) in [6, 6.07) is 11.4. The molecule has 3 heterocycles. The second-order valence-electron chi connectivity index (χ2n) is 6.20. The Morgan fingerprint density at radius 3 is 2.72 bits per heavy atom. The van der Waals surface area contributed by atoms with E-state index in [1.807, 2.05) is 42.6 Å². The molecule has 4 aromatic rings. The highest BCUT2D eigenvalue weighted by Crippen LogP contribution is 2.20. The van der Waals surface area contributed by atoms with Crippen molar-refractivity contribution in [3.8, 4) is 17.2 Å². The van der Waals surface area contributed by atoms with Crippen molar-refractivity contribution in [1.29, 1.82) is 0 Å². The van der Waals surface area contributed by atoms with Gasteiger partial charge in [0.25, 0.3) is 5.56 Å². The molecule has 0 amide bonds. The fraction of sp³-hybridized carbons (Fsp3) is 0.158. The number of H-pyrrole nitrogens is 1. The fourth-order valence-electron chi connectivity index (χ4n) is 2.72. The van der Waals surface area contributed by atoms with Gasteiger partial charge in [0.15, 0.2) is 5.82 Å². The van der Waals surface area contributed by atoms with Crippen molar-refractivity contribution < 1.29 is 0 Å². The van der Waals surface area contributed by atoms with E-state index in [2.05, 4.69) is 33.9 Å². The second kappa shape index (κ2) is 5.98. The van der Waals surface area contributed by atoms with Gasteiger partial charge >= 0.3 is 0 Å². The first-order valence-corrected chi connectivity index (χ1v) is 8.12. The predicted octanol–water partition coefficient (Wildman–Crippen LogP) is 3.29. The first kappa shape index (κ1) is 15.3. The van der Waals surface area contributed by atoms with E-state index in [1.165, 1.54) is 0 Å². The van der Waals surface area contributed by atoms with Crippen LogP contribution in [-0.2, 0) is 0 Å². The molecule has 124 valence electrons. The topological polar surface area (TPSA) is 76.5 Å². The van der Waals surface area contributed by atoms with Crippen LogP contribution >= 0.6 is 0 Å². The van der Waals surface area contributed by atoms with E-state index in [-0.39, 0.29) is 5.56 Å². The molecule has 0 spiro atoms. The van der Waals surface area contributed by atoms with Gasteiger partial charge in [0, 0.05) is 24.2 Å². The zero-order valence-corrected chi connectivity index (χ0v) is 14.0. The quantitative estimate of drug-likeness (QED) is 0.625. The third kappa shape index (κ3) is 2.82. The summed E-state index contributed by atoms with van der Waals surface area (Å²) in [6.45, 7) is 4.20. The van der Waals surface area contributed by atoms with Crippen LogP contribution in [0, 0.1) is 0 Å². The largest absolute Gasteiger partial charge is 0.306 e. The molecule has 0 atom stereocenters. The van der Waals surface area contributed by atoms with E-state index in [0.717, 1.165) is 11.1 Å². The van der Waals surface area contributed by atoms with E-state index < -0.39 is 0 Å². The number of fused-ring (bicyclic) bond motifs is 1. The Morgan fingerprint density at radius 2 is 2.04 bits per heavy atom. The summed E-state index contributed by atoms with van der Waals surface area (Å²) in [6.07, 6.45) is 5.21. The van der Waals surface area contributed by atoms with Crippen molar-refractivity contribution in [3.05, 3.63) is 70.9 Å². The Hall–Kier alpha value is -3.28. The summed E-state index contributed by atoms with van der Waals surface area (Å²) in [5, 5.41) is 4.75. The van der Waals surface area contributed by atoms with Crippen LogP contribution in [0.15, 0.2) is 59.8 Å². The highest BCUT2D eigenvalue weighted by atomic mass is 16.1. The molecule has 0 fully saturated rings. The van der Waals surface area contributed by atoms with Crippen molar-refractivity contribution >= 4 is 10.9 Å². The molecule has 3 aromatic heterocycles. The highest BCUT2D eigenvalue weighted by molar-refractivity contribution is 5.80. The molecular weight excluding hydrogens is 314 g/mol. The minimum absolute atomic E-state index is 0.140. The summed E-state index contributed by atoms with van der Waals surface area (Å²) in [5.74, 6) is 1.58.